The Labute approximate surface area is 128 Å². The van der Waals surface area contributed by atoms with Crippen LogP contribution in [-0.4, -0.2) is 12.2 Å². The maximum absolute atomic E-state index is 14.0. The Hall–Kier alpha value is -1.17. The van der Waals surface area contributed by atoms with E-state index in [1.807, 2.05) is 0 Å². The summed E-state index contributed by atoms with van der Waals surface area (Å²) in [7, 11) is 1.31. The van der Waals surface area contributed by atoms with Crippen molar-refractivity contribution in [2.45, 2.75) is 6.10 Å². The average Bonchev–Trinajstić information content (AvgIpc) is 2.45. The molecule has 0 saturated carbocycles. The van der Waals surface area contributed by atoms with Crippen LogP contribution in [0.1, 0.15) is 17.2 Å². The SMILES string of the molecule is COc1cc(C(O)c2ccc(Br)c(Cl)c2F)ccc1F. The molecule has 0 aliphatic carbocycles. The highest BCUT2D eigenvalue weighted by atomic mass is 79.9. The smallest absolute Gasteiger partial charge is 0.165 e. The van der Waals surface area contributed by atoms with Crippen molar-refractivity contribution in [3.05, 3.63) is 62.6 Å². The number of aliphatic hydroxyl groups is 1. The lowest BCUT2D eigenvalue weighted by Gasteiger charge is -2.15. The van der Waals surface area contributed by atoms with Crippen molar-refractivity contribution in [2.24, 2.45) is 0 Å². The summed E-state index contributed by atoms with van der Waals surface area (Å²) < 4.78 is 32.6. The van der Waals surface area contributed by atoms with Gasteiger partial charge in [-0.1, -0.05) is 23.7 Å². The van der Waals surface area contributed by atoms with Crippen LogP contribution in [0.2, 0.25) is 5.02 Å². The molecule has 2 aromatic rings. The highest BCUT2D eigenvalue weighted by Crippen LogP contribution is 2.34. The fourth-order valence-corrected chi connectivity index (χ4v) is 2.26. The normalized spacial score (nSPS) is 12.3. The Morgan fingerprint density at radius 3 is 2.60 bits per heavy atom. The maximum Gasteiger partial charge on any atom is 0.165 e. The van der Waals surface area contributed by atoms with Crippen molar-refractivity contribution in [3.8, 4) is 5.75 Å². The van der Waals surface area contributed by atoms with Gasteiger partial charge in [-0.25, -0.2) is 8.78 Å². The molecule has 0 radical (unpaired) electrons. The summed E-state index contributed by atoms with van der Waals surface area (Å²) in [6, 6.07) is 6.76. The monoisotopic (exact) mass is 362 g/mol. The van der Waals surface area contributed by atoms with Gasteiger partial charge in [0, 0.05) is 10.0 Å². The van der Waals surface area contributed by atoms with E-state index in [2.05, 4.69) is 15.9 Å². The molecule has 0 heterocycles. The highest BCUT2D eigenvalue weighted by molar-refractivity contribution is 9.10. The molecule has 106 valence electrons. The van der Waals surface area contributed by atoms with Gasteiger partial charge in [0.2, 0.25) is 0 Å². The fraction of sp³-hybridized carbons (Fsp3) is 0.143. The molecular weight excluding hydrogens is 354 g/mol. The fourth-order valence-electron chi connectivity index (χ4n) is 1.78. The first kappa shape index (κ1) is 15.2. The summed E-state index contributed by atoms with van der Waals surface area (Å²) >= 11 is 8.88. The lowest BCUT2D eigenvalue weighted by Crippen LogP contribution is -2.04. The van der Waals surface area contributed by atoms with E-state index < -0.39 is 17.7 Å². The van der Waals surface area contributed by atoms with Crippen molar-refractivity contribution >= 4 is 27.5 Å². The van der Waals surface area contributed by atoms with Crippen LogP contribution in [0.4, 0.5) is 8.78 Å². The molecule has 1 N–H and O–H groups in total. The number of rotatable bonds is 3. The summed E-state index contributed by atoms with van der Waals surface area (Å²) in [6.45, 7) is 0. The van der Waals surface area contributed by atoms with E-state index in [1.165, 1.54) is 31.4 Å². The Kier molecular flexibility index (Phi) is 4.62. The van der Waals surface area contributed by atoms with Crippen LogP contribution in [-0.2, 0) is 0 Å². The first-order valence-corrected chi connectivity index (χ1v) is 6.77. The maximum atomic E-state index is 14.0. The zero-order valence-electron chi connectivity index (χ0n) is 10.3. The van der Waals surface area contributed by atoms with Crippen LogP contribution >= 0.6 is 27.5 Å². The molecule has 1 unspecified atom stereocenters. The minimum atomic E-state index is -1.27. The van der Waals surface area contributed by atoms with E-state index in [-0.39, 0.29) is 16.3 Å². The number of hydrogen-bond donors (Lipinski definition) is 1. The van der Waals surface area contributed by atoms with Crippen LogP contribution in [0.25, 0.3) is 0 Å². The van der Waals surface area contributed by atoms with Crippen molar-refractivity contribution in [1.29, 1.82) is 0 Å². The molecule has 2 nitrogen and oxygen atoms in total. The summed E-state index contributed by atoms with van der Waals surface area (Å²) in [6.07, 6.45) is -1.27. The van der Waals surface area contributed by atoms with Gasteiger partial charge in [0.25, 0.3) is 0 Å². The van der Waals surface area contributed by atoms with Crippen LogP contribution in [0.15, 0.2) is 34.8 Å². The second-order valence-electron chi connectivity index (χ2n) is 4.06. The Morgan fingerprint density at radius 2 is 1.95 bits per heavy atom. The van der Waals surface area contributed by atoms with E-state index >= 15 is 0 Å². The van der Waals surface area contributed by atoms with Crippen LogP contribution < -0.4 is 4.74 Å². The number of aliphatic hydroxyl groups excluding tert-OH is 1. The summed E-state index contributed by atoms with van der Waals surface area (Å²) in [5, 5.41) is 10.1. The largest absolute Gasteiger partial charge is 0.494 e. The quantitative estimate of drug-likeness (QED) is 0.815. The molecule has 20 heavy (non-hydrogen) atoms. The summed E-state index contributed by atoms with van der Waals surface area (Å²) in [5.74, 6) is -1.31. The second-order valence-corrected chi connectivity index (χ2v) is 5.29. The molecule has 0 aromatic heterocycles. The number of benzene rings is 2. The third kappa shape index (κ3) is 2.80. The van der Waals surface area contributed by atoms with Gasteiger partial charge >= 0.3 is 0 Å². The predicted molar refractivity (Wildman–Crippen MR) is 76.1 cm³/mol. The van der Waals surface area contributed by atoms with Crippen molar-refractivity contribution in [3.63, 3.8) is 0 Å². The van der Waals surface area contributed by atoms with E-state index in [0.29, 0.717) is 10.0 Å². The van der Waals surface area contributed by atoms with Crippen molar-refractivity contribution in [2.75, 3.05) is 7.11 Å². The van der Waals surface area contributed by atoms with Gasteiger partial charge in [-0.2, -0.15) is 0 Å². The molecule has 0 spiro atoms. The first-order valence-electron chi connectivity index (χ1n) is 5.60. The zero-order valence-corrected chi connectivity index (χ0v) is 12.7. The second kappa shape index (κ2) is 6.08. The molecule has 0 saturated heterocycles. The highest BCUT2D eigenvalue weighted by Gasteiger charge is 2.19. The van der Waals surface area contributed by atoms with Crippen molar-refractivity contribution < 1.29 is 18.6 Å². The third-order valence-corrected chi connectivity index (χ3v) is 4.11. The number of methoxy groups -OCH3 is 1. The van der Waals surface area contributed by atoms with Crippen LogP contribution in [0.3, 0.4) is 0 Å². The van der Waals surface area contributed by atoms with Gasteiger partial charge in [-0.3, -0.25) is 0 Å². The average molecular weight is 364 g/mol. The lowest BCUT2D eigenvalue weighted by molar-refractivity contribution is 0.214. The molecule has 0 fully saturated rings. The lowest BCUT2D eigenvalue weighted by atomic mass is 10.0. The molecule has 6 heteroatoms. The Balaban J connectivity index is 2.46. The molecule has 0 aliphatic rings. The van der Waals surface area contributed by atoms with Gasteiger partial charge in [0.05, 0.1) is 12.1 Å². The Bertz CT molecular complexity index is 649. The molecule has 0 amide bonds. The topological polar surface area (TPSA) is 29.5 Å². The third-order valence-electron chi connectivity index (χ3n) is 2.85. The standard InChI is InChI=1S/C14H10BrClF2O2/c1-20-11-6-7(2-5-10(11)17)14(19)8-3-4-9(15)12(16)13(8)18/h2-6,14,19H,1H3. The molecule has 2 aromatic carbocycles. The van der Waals surface area contributed by atoms with Gasteiger partial charge in [-0.15, -0.1) is 0 Å². The van der Waals surface area contributed by atoms with E-state index in [9.17, 15) is 13.9 Å². The Morgan fingerprint density at radius 1 is 1.25 bits per heavy atom. The number of hydrogen-bond acceptors (Lipinski definition) is 2. The van der Waals surface area contributed by atoms with Gasteiger partial charge < -0.3 is 9.84 Å². The van der Waals surface area contributed by atoms with Crippen LogP contribution in [0, 0.1) is 11.6 Å². The number of halogens is 4. The summed E-state index contributed by atoms with van der Waals surface area (Å²) in [4.78, 5) is 0. The predicted octanol–water partition coefficient (Wildman–Crippen LogP) is 4.47. The zero-order chi connectivity index (χ0) is 14.9. The summed E-state index contributed by atoms with van der Waals surface area (Å²) in [5.41, 5.74) is 0.312. The minimum absolute atomic E-state index is 0.00635. The van der Waals surface area contributed by atoms with E-state index in [4.69, 9.17) is 16.3 Å². The van der Waals surface area contributed by atoms with E-state index in [1.54, 1.807) is 0 Å². The molecular formula is C14H10BrClF2O2. The minimum Gasteiger partial charge on any atom is -0.494 e. The molecule has 0 aliphatic heterocycles. The van der Waals surface area contributed by atoms with Gasteiger partial charge in [0.1, 0.15) is 11.9 Å². The number of ether oxygens (including phenoxy) is 1. The van der Waals surface area contributed by atoms with Crippen LogP contribution in [0.5, 0.6) is 5.75 Å². The molecule has 1 atom stereocenters. The van der Waals surface area contributed by atoms with E-state index in [0.717, 1.165) is 6.07 Å². The van der Waals surface area contributed by atoms with Gasteiger partial charge in [0.15, 0.2) is 11.6 Å². The first-order chi connectivity index (χ1) is 9.45. The molecule has 2 rings (SSSR count). The van der Waals surface area contributed by atoms with Gasteiger partial charge in [-0.05, 0) is 39.7 Å². The van der Waals surface area contributed by atoms with Crippen molar-refractivity contribution in [1.82, 2.24) is 0 Å². The molecule has 0 bridgehead atoms.